The molecule has 1 heterocycles. The van der Waals surface area contributed by atoms with Crippen LogP contribution in [-0.2, 0) is 0 Å². The van der Waals surface area contributed by atoms with E-state index in [4.69, 9.17) is 0 Å². The lowest BCUT2D eigenvalue weighted by Gasteiger charge is -1.93. The van der Waals surface area contributed by atoms with Crippen molar-refractivity contribution in [2.24, 2.45) is 0 Å². The molecule has 1 rings (SSSR count). The van der Waals surface area contributed by atoms with E-state index in [1.54, 1.807) is 0 Å². The maximum Gasteiger partial charge on any atom is 0.120 e. The average molecular weight is 296 g/mol. The van der Waals surface area contributed by atoms with Crippen LogP contribution in [0.3, 0.4) is 0 Å². The molecule has 0 radical (unpaired) electrons. The Bertz CT molecular complexity index is 277. The van der Waals surface area contributed by atoms with Gasteiger partial charge in [-0.2, -0.15) is 0 Å². The molecule has 0 bridgehead atoms. The molecule has 0 unspecified atom stereocenters. The van der Waals surface area contributed by atoms with Crippen molar-refractivity contribution in [3.05, 3.63) is 23.7 Å². The highest BCUT2D eigenvalue weighted by Crippen LogP contribution is 2.30. The first-order valence-corrected chi connectivity index (χ1v) is 5.00. The van der Waals surface area contributed by atoms with Gasteiger partial charge in [0.05, 0.1) is 4.88 Å². The highest BCUT2D eigenvalue weighted by atomic mass is 79.9. The Morgan fingerprint density at radius 3 is 2.27 bits per heavy atom. The Morgan fingerprint density at radius 1 is 1.27 bits per heavy atom. The standard InChI is InChI=1S/C6H4Br2N2S/c1-3(7)5-6(4(2)8)11-10-9-5/h1-2H2. The third-order valence-electron chi connectivity index (χ3n) is 0.991. The second-order valence-corrected chi connectivity index (χ2v) is 4.43. The smallest absolute Gasteiger partial charge is 0.120 e. The zero-order valence-electron chi connectivity index (χ0n) is 5.47. The molecule has 11 heavy (non-hydrogen) atoms. The third-order valence-corrected chi connectivity index (χ3v) is 2.81. The summed E-state index contributed by atoms with van der Waals surface area (Å²) in [5.74, 6) is 0. The largest absolute Gasteiger partial charge is 0.137 e. The zero-order valence-corrected chi connectivity index (χ0v) is 9.46. The zero-order chi connectivity index (χ0) is 8.43. The fourth-order valence-corrected chi connectivity index (χ4v) is 1.91. The molecule has 0 aliphatic carbocycles. The molecular formula is C6H4Br2N2S. The molecule has 0 saturated heterocycles. The van der Waals surface area contributed by atoms with Gasteiger partial charge in [-0.1, -0.05) is 17.6 Å². The summed E-state index contributed by atoms with van der Waals surface area (Å²) in [5, 5.41) is 3.87. The van der Waals surface area contributed by atoms with Crippen LogP contribution in [0.1, 0.15) is 10.6 Å². The van der Waals surface area contributed by atoms with Gasteiger partial charge in [0.2, 0.25) is 0 Å². The number of rotatable bonds is 2. The third kappa shape index (κ3) is 1.98. The Morgan fingerprint density at radius 2 is 1.91 bits per heavy atom. The maximum atomic E-state index is 3.87. The normalized spacial score (nSPS) is 9.64. The van der Waals surface area contributed by atoms with Crippen molar-refractivity contribution in [2.45, 2.75) is 0 Å². The van der Waals surface area contributed by atoms with Crippen LogP contribution in [0.4, 0.5) is 0 Å². The molecule has 5 heteroatoms. The van der Waals surface area contributed by atoms with E-state index in [0.717, 1.165) is 19.5 Å². The molecule has 0 fully saturated rings. The van der Waals surface area contributed by atoms with Gasteiger partial charge in [0.1, 0.15) is 5.69 Å². The van der Waals surface area contributed by atoms with Crippen LogP contribution < -0.4 is 0 Å². The Balaban J connectivity index is 3.16. The summed E-state index contributed by atoms with van der Waals surface area (Å²) in [5.41, 5.74) is 0.747. The highest BCUT2D eigenvalue weighted by molar-refractivity contribution is 9.15. The summed E-state index contributed by atoms with van der Waals surface area (Å²) in [6.45, 7) is 7.43. The molecule has 58 valence electrons. The second kappa shape index (κ2) is 3.60. The van der Waals surface area contributed by atoms with E-state index in [1.807, 2.05) is 0 Å². The summed E-state index contributed by atoms with van der Waals surface area (Å²) >= 11 is 7.77. The van der Waals surface area contributed by atoms with Crippen LogP contribution in [0, 0.1) is 0 Å². The molecule has 1 aromatic rings. The second-order valence-electron chi connectivity index (χ2n) is 1.76. The number of aromatic nitrogens is 2. The fraction of sp³-hybridized carbons (Fsp3) is 0. The van der Waals surface area contributed by atoms with Crippen molar-refractivity contribution in [1.82, 2.24) is 9.59 Å². The van der Waals surface area contributed by atoms with Gasteiger partial charge in [-0.3, -0.25) is 0 Å². The average Bonchev–Trinajstić information content (AvgIpc) is 2.32. The van der Waals surface area contributed by atoms with Crippen molar-refractivity contribution in [3.63, 3.8) is 0 Å². The number of nitrogens with zero attached hydrogens (tertiary/aromatic N) is 2. The summed E-state index contributed by atoms with van der Waals surface area (Å²) in [4.78, 5) is 0.909. The fourth-order valence-electron chi connectivity index (χ4n) is 0.546. The first-order valence-electron chi connectivity index (χ1n) is 2.65. The van der Waals surface area contributed by atoms with Gasteiger partial charge in [0, 0.05) is 8.96 Å². The summed E-state index contributed by atoms with van der Waals surface area (Å²) < 4.78 is 5.28. The van der Waals surface area contributed by atoms with Crippen molar-refractivity contribution >= 4 is 52.4 Å². The van der Waals surface area contributed by atoms with Gasteiger partial charge in [-0.15, -0.1) is 5.10 Å². The first-order chi connectivity index (χ1) is 5.13. The van der Waals surface area contributed by atoms with Gasteiger partial charge in [0.15, 0.2) is 0 Å². The number of hydrogen-bond donors (Lipinski definition) is 0. The van der Waals surface area contributed by atoms with Gasteiger partial charge < -0.3 is 0 Å². The minimum absolute atomic E-state index is 0.724. The van der Waals surface area contributed by atoms with Crippen LogP contribution in [0.5, 0.6) is 0 Å². The van der Waals surface area contributed by atoms with Gasteiger partial charge in [-0.05, 0) is 43.4 Å². The topological polar surface area (TPSA) is 25.8 Å². The Kier molecular flexibility index (Phi) is 2.98. The molecule has 2 nitrogen and oxygen atoms in total. The van der Waals surface area contributed by atoms with Crippen LogP contribution in [0.2, 0.25) is 0 Å². The van der Waals surface area contributed by atoms with Gasteiger partial charge in [-0.25, -0.2) is 0 Å². The highest BCUT2D eigenvalue weighted by Gasteiger charge is 2.10. The number of halogens is 2. The Labute approximate surface area is 85.4 Å². The van der Waals surface area contributed by atoms with Crippen LogP contribution in [0.15, 0.2) is 13.2 Å². The molecule has 0 amide bonds. The van der Waals surface area contributed by atoms with Crippen LogP contribution in [-0.4, -0.2) is 9.59 Å². The van der Waals surface area contributed by atoms with Crippen molar-refractivity contribution in [1.29, 1.82) is 0 Å². The molecule has 0 aromatic carbocycles. The van der Waals surface area contributed by atoms with Crippen molar-refractivity contribution in [2.75, 3.05) is 0 Å². The Hall–Kier alpha value is -0.000000000000000111. The predicted octanol–water partition coefficient (Wildman–Crippen LogP) is 3.27. The van der Waals surface area contributed by atoms with E-state index in [1.165, 1.54) is 11.5 Å². The van der Waals surface area contributed by atoms with Gasteiger partial charge in [0.25, 0.3) is 0 Å². The summed E-state index contributed by atoms with van der Waals surface area (Å²) in [7, 11) is 0. The quantitative estimate of drug-likeness (QED) is 0.837. The molecular weight excluding hydrogens is 292 g/mol. The van der Waals surface area contributed by atoms with Crippen LogP contribution in [0.25, 0.3) is 8.96 Å². The lowest BCUT2D eigenvalue weighted by atomic mass is 10.3. The molecule has 0 aliphatic heterocycles. The first kappa shape index (κ1) is 9.09. The molecule has 0 saturated carbocycles. The predicted molar refractivity (Wildman–Crippen MR) is 55.8 cm³/mol. The van der Waals surface area contributed by atoms with Crippen molar-refractivity contribution < 1.29 is 0 Å². The van der Waals surface area contributed by atoms with Crippen molar-refractivity contribution in [3.8, 4) is 0 Å². The minimum Gasteiger partial charge on any atom is -0.137 e. The minimum atomic E-state index is 0.724. The van der Waals surface area contributed by atoms with E-state index in [-0.39, 0.29) is 0 Å². The monoisotopic (exact) mass is 294 g/mol. The van der Waals surface area contributed by atoms with Gasteiger partial charge >= 0.3 is 0 Å². The maximum absolute atomic E-state index is 3.87. The lowest BCUT2D eigenvalue weighted by molar-refractivity contribution is 1.14. The van der Waals surface area contributed by atoms with E-state index >= 15 is 0 Å². The van der Waals surface area contributed by atoms with E-state index in [2.05, 4.69) is 54.6 Å². The molecule has 0 N–H and O–H groups in total. The lowest BCUT2D eigenvalue weighted by Crippen LogP contribution is -1.79. The summed E-state index contributed by atoms with van der Waals surface area (Å²) in [6, 6.07) is 0. The van der Waals surface area contributed by atoms with E-state index < -0.39 is 0 Å². The molecule has 0 spiro atoms. The van der Waals surface area contributed by atoms with E-state index in [0.29, 0.717) is 0 Å². The molecule has 0 aliphatic rings. The SMILES string of the molecule is C=C(Br)c1nnsc1C(=C)Br. The molecule has 1 aromatic heterocycles. The summed E-state index contributed by atoms with van der Waals surface area (Å²) in [6.07, 6.45) is 0. The van der Waals surface area contributed by atoms with E-state index in [9.17, 15) is 0 Å². The van der Waals surface area contributed by atoms with Crippen LogP contribution >= 0.6 is 43.4 Å². The molecule has 0 atom stereocenters. The number of hydrogen-bond acceptors (Lipinski definition) is 3.